The maximum atomic E-state index is 15.3. The highest BCUT2D eigenvalue weighted by atomic mass is 31.2. The molecule has 95 heavy (non-hydrogen) atoms. The first-order valence-corrected chi connectivity index (χ1v) is 30.2. The van der Waals surface area contributed by atoms with E-state index >= 15 is 4.57 Å². The highest BCUT2D eigenvalue weighted by Crippen LogP contribution is 2.51. The zero-order valence-corrected chi connectivity index (χ0v) is 52.8. The average Bonchev–Trinajstić information content (AvgIpc) is 1.70. The summed E-state index contributed by atoms with van der Waals surface area (Å²) in [5.41, 5.74) is 6.12. The quantitative estimate of drug-likeness (QED) is 0.0306. The fraction of sp³-hybridized carbons (Fsp3) is 0.190. The van der Waals surface area contributed by atoms with Crippen molar-refractivity contribution in [3.63, 3.8) is 0 Å². The predicted molar refractivity (Wildman–Crippen MR) is 345 cm³/mol. The Balaban J connectivity index is 0.828. The van der Waals surface area contributed by atoms with E-state index in [0.29, 0.717) is 85.0 Å². The van der Waals surface area contributed by atoms with Gasteiger partial charge >= 0.3 is 25.1 Å². The standard InChI is InChI=1S/C63H57F3N15O13P/c1-31-16-40(22-49(86-7)52(31)64)73-58-67-25-34(4)55(76-58)70-37-10-13-46-43(19-37)79(61(82)92-46)28-89-95(85,90-29-80-44-20-38(11-14-47(44)93-62(80)83)71-56-35(5)26-68-59(77-56)74-41-17-32(2)53(65)50(23-41)87-8)91-30-81-45-21-39(12-15-48(45)94-63(81)84)72-57-36(6)27-69-60(78-57)75-42-18-33(3)54(66)51(24-42)88-9/h10-27H,28-30H2,1-9H3,(H2,67,70,73,76)(H2,68,71,74,77)(H2,69,72,75,78). The van der Waals surface area contributed by atoms with Crippen LogP contribution in [0.4, 0.5) is 82.6 Å². The van der Waals surface area contributed by atoms with E-state index in [0.717, 1.165) is 13.7 Å². The van der Waals surface area contributed by atoms with E-state index < -0.39 is 62.7 Å². The molecule has 6 aromatic carbocycles. The number of phosphoric acid groups is 1. The summed E-state index contributed by atoms with van der Waals surface area (Å²) < 4.78 is 112. The van der Waals surface area contributed by atoms with Crippen LogP contribution < -0.4 is 63.4 Å². The molecule has 28 nitrogen and oxygen atoms in total. The molecule has 12 rings (SSSR count). The molecule has 6 heterocycles. The van der Waals surface area contributed by atoms with Crippen molar-refractivity contribution in [2.75, 3.05) is 53.2 Å². The highest BCUT2D eigenvalue weighted by molar-refractivity contribution is 7.48. The zero-order chi connectivity index (χ0) is 67.0. The number of ether oxygens (including phenoxy) is 3. The lowest BCUT2D eigenvalue weighted by atomic mass is 10.2. The molecule has 0 bridgehead atoms. The van der Waals surface area contributed by atoms with Crippen molar-refractivity contribution in [2.24, 2.45) is 0 Å². The largest absolute Gasteiger partial charge is 0.494 e. The van der Waals surface area contributed by atoms with Crippen LogP contribution in [0.3, 0.4) is 0 Å². The Morgan fingerprint density at radius 2 is 0.684 bits per heavy atom. The monoisotopic (exact) mass is 1320 g/mol. The molecule has 32 heteroatoms. The molecule has 0 unspecified atom stereocenters. The second-order valence-corrected chi connectivity index (χ2v) is 23.2. The molecular formula is C63H57F3N15O13P. The minimum absolute atomic E-state index is 0.0247. The van der Waals surface area contributed by atoms with Crippen LogP contribution in [0.5, 0.6) is 17.2 Å². The predicted octanol–water partition coefficient (Wildman–Crippen LogP) is 13.0. The van der Waals surface area contributed by atoms with Gasteiger partial charge in [0.1, 0.15) is 37.6 Å². The summed E-state index contributed by atoms with van der Waals surface area (Å²) in [6.45, 7) is 7.50. The van der Waals surface area contributed by atoms with Crippen LogP contribution in [0.2, 0.25) is 0 Å². The van der Waals surface area contributed by atoms with Crippen LogP contribution in [0.1, 0.15) is 33.4 Å². The Kier molecular flexibility index (Phi) is 17.6. The van der Waals surface area contributed by atoms with E-state index in [9.17, 15) is 27.6 Å². The Morgan fingerprint density at radius 3 is 0.958 bits per heavy atom. The fourth-order valence-corrected chi connectivity index (χ4v) is 10.8. The first kappa shape index (κ1) is 63.6. The molecule has 0 amide bonds. The second-order valence-electron chi connectivity index (χ2n) is 21.5. The number of phosphoric ester groups is 1. The number of methoxy groups -OCH3 is 3. The van der Waals surface area contributed by atoms with Crippen molar-refractivity contribution in [3.8, 4) is 17.2 Å². The maximum Gasteiger partial charge on any atom is 0.480 e. The van der Waals surface area contributed by atoms with Gasteiger partial charge < -0.3 is 59.4 Å². The number of hydrogen-bond donors (Lipinski definition) is 6. The van der Waals surface area contributed by atoms with E-state index in [1.807, 2.05) is 0 Å². The van der Waals surface area contributed by atoms with Gasteiger partial charge in [-0.3, -0.25) is 13.6 Å². The van der Waals surface area contributed by atoms with Crippen LogP contribution in [-0.4, -0.2) is 64.9 Å². The van der Waals surface area contributed by atoms with Crippen LogP contribution in [0.25, 0.3) is 33.3 Å². The molecule has 488 valence electrons. The smallest absolute Gasteiger partial charge is 0.480 e. The van der Waals surface area contributed by atoms with Crippen molar-refractivity contribution in [1.29, 1.82) is 0 Å². The van der Waals surface area contributed by atoms with Gasteiger partial charge in [-0.1, -0.05) is 0 Å². The Bertz CT molecular complexity index is 4720. The molecule has 12 aromatic rings. The fourth-order valence-electron chi connectivity index (χ4n) is 9.84. The number of nitrogens with zero attached hydrogens (tertiary/aromatic N) is 9. The number of hydrogen-bond acceptors (Lipinski definition) is 25. The van der Waals surface area contributed by atoms with E-state index in [4.69, 9.17) is 41.0 Å². The van der Waals surface area contributed by atoms with Crippen LogP contribution in [0, 0.1) is 59.0 Å². The van der Waals surface area contributed by atoms with E-state index in [1.54, 1.807) is 115 Å². The molecular weight excluding hydrogens is 1260 g/mol. The number of aromatic nitrogens is 9. The Hall–Kier alpha value is -11.5. The first-order chi connectivity index (χ1) is 45.6. The third kappa shape index (κ3) is 13.6. The summed E-state index contributed by atoms with van der Waals surface area (Å²) in [4.78, 5) is 68.1. The van der Waals surface area contributed by atoms with Gasteiger partial charge in [0, 0.05) is 87.6 Å². The van der Waals surface area contributed by atoms with Gasteiger partial charge in [0.2, 0.25) is 17.8 Å². The average molecular weight is 1320 g/mol. The minimum Gasteiger partial charge on any atom is -0.494 e. The summed E-state index contributed by atoms with van der Waals surface area (Å²) in [6.07, 6.45) is 4.69. The van der Waals surface area contributed by atoms with Crippen molar-refractivity contribution in [1.82, 2.24) is 43.6 Å². The molecule has 0 fully saturated rings. The van der Waals surface area contributed by atoms with Crippen molar-refractivity contribution >= 4 is 111 Å². The normalized spacial score (nSPS) is 11.6. The molecule has 6 N–H and O–H groups in total. The summed E-state index contributed by atoms with van der Waals surface area (Å²) >= 11 is 0. The lowest BCUT2D eigenvalue weighted by Gasteiger charge is -2.18. The number of benzene rings is 6. The van der Waals surface area contributed by atoms with Gasteiger partial charge in [0.05, 0.1) is 37.9 Å². The number of oxazole rings is 3. The summed E-state index contributed by atoms with van der Waals surface area (Å²) in [6, 6.07) is 23.1. The molecule has 0 radical (unpaired) electrons. The van der Waals surface area contributed by atoms with Gasteiger partial charge in [0.15, 0.2) is 51.4 Å². The minimum atomic E-state index is -5.10. The zero-order valence-electron chi connectivity index (χ0n) is 51.9. The lowest BCUT2D eigenvalue weighted by molar-refractivity contribution is 0.0522. The third-order valence-corrected chi connectivity index (χ3v) is 16.1. The molecule has 0 saturated heterocycles. The SMILES string of the molecule is COc1cc(Nc2ncc(C)c(Nc3ccc4oc(=O)n(COP(=O)(OCn5c(=O)oc6ccc(Nc7nc(Nc8cc(C)c(F)c(OC)c8)ncc7C)cc65)OCn5c(=O)oc6ccc(Nc7nc(Nc8cc(C)c(F)c(OC)c8)ncc7C)cc65)c4c3)n2)cc(C)c1F. The van der Waals surface area contributed by atoms with E-state index in [2.05, 4.69) is 61.8 Å². The van der Waals surface area contributed by atoms with Crippen LogP contribution >= 0.6 is 7.82 Å². The van der Waals surface area contributed by atoms with Gasteiger partial charge in [-0.15, -0.1) is 0 Å². The van der Waals surface area contributed by atoms with Gasteiger partial charge in [-0.2, -0.15) is 15.0 Å². The van der Waals surface area contributed by atoms with Gasteiger partial charge in [-0.25, -0.2) is 60.8 Å². The van der Waals surface area contributed by atoms with Crippen molar-refractivity contribution in [3.05, 3.63) is 192 Å². The molecule has 0 aliphatic rings. The molecule has 0 aliphatic heterocycles. The summed E-state index contributed by atoms with van der Waals surface area (Å²) in [5, 5.41) is 18.8. The molecule has 0 spiro atoms. The topological polar surface area (TPSA) is 327 Å². The molecule has 0 aliphatic carbocycles. The first-order valence-electron chi connectivity index (χ1n) is 28.7. The number of rotatable bonds is 24. The third-order valence-electron chi connectivity index (χ3n) is 14.8. The summed E-state index contributed by atoms with van der Waals surface area (Å²) in [7, 11) is -1.03. The van der Waals surface area contributed by atoms with Crippen LogP contribution in [0.15, 0.2) is 137 Å². The summed E-state index contributed by atoms with van der Waals surface area (Å²) in [5.74, 6) is -2.79. The van der Waals surface area contributed by atoms with Gasteiger partial charge in [0.25, 0.3) is 0 Å². The van der Waals surface area contributed by atoms with Gasteiger partial charge in [-0.05, 0) is 131 Å². The van der Waals surface area contributed by atoms with E-state index in [-0.39, 0.29) is 68.4 Å². The molecule has 6 aromatic heterocycles. The maximum absolute atomic E-state index is 15.3. The van der Waals surface area contributed by atoms with E-state index in [1.165, 1.54) is 57.7 Å². The number of fused-ring (bicyclic) bond motifs is 3. The second kappa shape index (κ2) is 26.2. The number of nitrogens with one attached hydrogen (secondary N) is 6. The number of anilines is 12. The van der Waals surface area contributed by atoms with Crippen LogP contribution in [-0.2, 0) is 38.3 Å². The van der Waals surface area contributed by atoms with Crippen molar-refractivity contribution in [2.45, 2.75) is 61.7 Å². The molecule has 0 saturated carbocycles. The Morgan fingerprint density at radius 1 is 0.400 bits per heavy atom. The lowest BCUT2D eigenvalue weighted by Crippen LogP contribution is -2.20. The molecule has 0 atom stereocenters. The Labute approximate surface area is 535 Å². The highest BCUT2D eigenvalue weighted by Gasteiger charge is 2.31. The number of halogens is 3. The number of aryl methyl sites for hydroxylation is 6. The van der Waals surface area contributed by atoms with Crippen molar-refractivity contribution < 1.29 is 58.8 Å².